The van der Waals surface area contributed by atoms with Crippen molar-refractivity contribution >= 4 is 29.7 Å². The average molecular weight is 851 g/mol. The number of rotatable bonds is 11. The highest BCUT2D eigenvalue weighted by molar-refractivity contribution is 5.89. The molecule has 4 fully saturated rings. The van der Waals surface area contributed by atoms with Crippen LogP contribution in [0.4, 0.5) is 9.59 Å². The summed E-state index contributed by atoms with van der Waals surface area (Å²) in [7, 11) is 2.61. The number of carbonyl (C=O) groups is 4. The normalized spacial score (nSPS) is 27.5. The fraction of sp³-hybridized carbons (Fsp3) is 0.543. The Morgan fingerprint density at radius 1 is 0.790 bits per heavy atom. The fourth-order valence-electron chi connectivity index (χ4n) is 11.2. The number of carbonyl (C=O) groups excluding carboxylic acids is 4. The van der Waals surface area contributed by atoms with Gasteiger partial charge in [0.25, 0.3) is 0 Å². The number of benzene rings is 2. The van der Waals surface area contributed by atoms with Crippen molar-refractivity contribution in [3.05, 3.63) is 60.2 Å². The maximum atomic E-state index is 14.2. The third-order valence-electron chi connectivity index (χ3n) is 14.6. The number of aromatic nitrogens is 2. The summed E-state index contributed by atoms with van der Waals surface area (Å²) in [5, 5.41) is 13.0. The van der Waals surface area contributed by atoms with Crippen LogP contribution in [0.25, 0.3) is 28.1 Å². The topological polar surface area (TPSA) is 188 Å². The Morgan fingerprint density at radius 3 is 2.00 bits per heavy atom. The number of alkyl carbamates (subject to hydrolysis) is 2. The second-order valence-corrected chi connectivity index (χ2v) is 18.8. The van der Waals surface area contributed by atoms with Crippen molar-refractivity contribution in [2.24, 2.45) is 23.7 Å². The van der Waals surface area contributed by atoms with Gasteiger partial charge in [-0.05, 0) is 92.4 Å². The number of likely N-dealkylation sites (tertiary alicyclic amines) is 2. The molecular formula is C46H58N8O8. The fourth-order valence-corrected chi connectivity index (χ4v) is 11.2. The molecule has 2 aromatic carbocycles. The molecule has 6 aliphatic rings. The molecule has 4 bridgehead atoms. The van der Waals surface area contributed by atoms with Gasteiger partial charge < -0.3 is 55.0 Å². The zero-order chi connectivity index (χ0) is 43.7. The van der Waals surface area contributed by atoms with E-state index in [-0.39, 0.29) is 30.4 Å². The predicted octanol–water partition coefficient (Wildman–Crippen LogP) is 5.66. The Labute approximate surface area is 361 Å². The molecule has 2 saturated carbocycles. The quantitative estimate of drug-likeness (QED) is 0.160. The highest BCUT2D eigenvalue weighted by Gasteiger charge is 2.64. The molecule has 0 radical (unpaired) electrons. The van der Waals surface area contributed by atoms with Gasteiger partial charge in [0.15, 0.2) is 11.5 Å². The van der Waals surface area contributed by atoms with Crippen LogP contribution in [-0.4, -0.2) is 101 Å². The number of fused-ring (bicyclic) bond motifs is 5. The molecule has 4 aliphatic heterocycles. The lowest BCUT2D eigenvalue weighted by Gasteiger charge is -2.51. The Hall–Kier alpha value is -5.93. The second-order valence-electron chi connectivity index (χ2n) is 18.8. The van der Waals surface area contributed by atoms with Crippen LogP contribution in [0.5, 0.6) is 11.5 Å². The van der Waals surface area contributed by atoms with E-state index in [1.807, 2.05) is 74.2 Å². The minimum absolute atomic E-state index is 0.0861. The molecule has 7 atom stereocenters. The van der Waals surface area contributed by atoms with E-state index in [1.54, 1.807) is 0 Å². The van der Waals surface area contributed by atoms with Crippen LogP contribution in [-0.2, 0) is 24.6 Å². The Morgan fingerprint density at radius 2 is 1.37 bits per heavy atom. The molecule has 330 valence electrons. The molecule has 16 heteroatoms. The van der Waals surface area contributed by atoms with Gasteiger partial charge in [-0.3, -0.25) is 9.59 Å². The number of H-pyrrole nitrogens is 1. The van der Waals surface area contributed by atoms with Crippen molar-refractivity contribution in [2.75, 3.05) is 34.1 Å². The number of aromatic amines is 1. The van der Waals surface area contributed by atoms with Crippen LogP contribution in [0.2, 0.25) is 0 Å². The number of nitrogens with zero attached hydrogens (tertiary/aromatic N) is 3. The van der Waals surface area contributed by atoms with E-state index < -0.39 is 41.0 Å². The lowest BCUT2D eigenvalue weighted by Crippen LogP contribution is -2.71. The van der Waals surface area contributed by atoms with E-state index in [9.17, 15) is 19.2 Å². The van der Waals surface area contributed by atoms with Crippen LogP contribution in [0, 0.1) is 23.7 Å². The van der Waals surface area contributed by atoms with E-state index in [2.05, 4.69) is 45.3 Å². The van der Waals surface area contributed by atoms with Crippen molar-refractivity contribution in [3.8, 4) is 33.9 Å². The number of hydrogen-bond acceptors (Lipinski definition) is 11. The van der Waals surface area contributed by atoms with E-state index in [0.717, 1.165) is 78.0 Å². The van der Waals surface area contributed by atoms with Crippen molar-refractivity contribution < 1.29 is 38.1 Å². The van der Waals surface area contributed by atoms with Crippen LogP contribution < -0.4 is 30.7 Å². The molecule has 5 unspecified atom stereocenters. The smallest absolute Gasteiger partial charge is 0.407 e. The zero-order valence-electron chi connectivity index (χ0n) is 36.6. The van der Waals surface area contributed by atoms with E-state index in [1.165, 1.54) is 14.2 Å². The predicted molar refractivity (Wildman–Crippen MR) is 229 cm³/mol. The molecule has 2 aliphatic carbocycles. The standard InChI is InChI=1S/C46H58N8O8/c1-25(2)35(50-42(57)59-6)39(55)53-22-27-14-16-45(53,18-27)41-47-20-33(49-41)30-10-8-29(9-11-30)31-12-13-32(38-37(31)61-24-62-38)34-21-48-44(5,52-34)46-17-15-28(19-46)23-54(46)40(56)36(26(3)4)51-43(58)60-7/h8-13,20-21,25-28,35-36,48,52H,14-19,22-24H2,1-7H3,(H,47,49)(H,50,57)(H,51,58)/t27?,28?,35-,36-,44?,45?,46?/m0/s1. The summed E-state index contributed by atoms with van der Waals surface area (Å²) in [6, 6.07) is 10.9. The molecule has 5 N–H and O–H groups in total. The third-order valence-corrected chi connectivity index (χ3v) is 14.6. The molecule has 62 heavy (non-hydrogen) atoms. The van der Waals surface area contributed by atoms with Gasteiger partial charge in [0.05, 0.1) is 37.3 Å². The first-order valence-electron chi connectivity index (χ1n) is 21.9. The second kappa shape index (κ2) is 15.5. The van der Waals surface area contributed by atoms with Gasteiger partial charge in [-0.2, -0.15) is 0 Å². The Bertz CT molecular complexity index is 2310. The lowest BCUT2D eigenvalue weighted by atomic mass is 9.82. The average Bonchev–Trinajstić information content (AvgIpc) is 4.14. The molecule has 2 saturated heterocycles. The first kappa shape index (κ1) is 41.4. The molecule has 16 nitrogen and oxygen atoms in total. The van der Waals surface area contributed by atoms with Gasteiger partial charge in [-0.1, -0.05) is 52.0 Å². The van der Waals surface area contributed by atoms with Gasteiger partial charge in [0.1, 0.15) is 29.1 Å². The van der Waals surface area contributed by atoms with Crippen LogP contribution in [0.3, 0.4) is 0 Å². The van der Waals surface area contributed by atoms with E-state index in [0.29, 0.717) is 36.4 Å². The van der Waals surface area contributed by atoms with Crippen molar-refractivity contribution in [1.29, 1.82) is 0 Å². The zero-order valence-corrected chi connectivity index (χ0v) is 36.6. The number of piperidine rings is 2. The van der Waals surface area contributed by atoms with E-state index in [4.69, 9.17) is 23.9 Å². The van der Waals surface area contributed by atoms with Crippen LogP contribution in [0.15, 0.2) is 48.8 Å². The summed E-state index contributed by atoms with van der Waals surface area (Å²) in [4.78, 5) is 65.0. The van der Waals surface area contributed by atoms with Crippen molar-refractivity contribution in [1.82, 2.24) is 41.0 Å². The van der Waals surface area contributed by atoms with Crippen molar-refractivity contribution in [2.45, 2.75) is 102 Å². The Balaban J connectivity index is 0.928. The van der Waals surface area contributed by atoms with Gasteiger partial charge in [-0.15, -0.1) is 0 Å². The van der Waals surface area contributed by atoms with Gasteiger partial charge in [0.2, 0.25) is 18.6 Å². The number of hydrogen-bond donors (Lipinski definition) is 5. The minimum Gasteiger partial charge on any atom is -0.453 e. The van der Waals surface area contributed by atoms with Gasteiger partial charge in [0, 0.05) is 30.4 Å². The van der Waals surface area contributed by atoms with E-state index >= 15 is 0 Å². The first-order valence-corrected chi connectivity index (χ1v) is 21.9. The molecule has 4 amide bonds. The number of imidazole rings is 1. The highest BCUT2D eigenvalue weighted by Crippen LogP contribution is 2.55. The summed E-state index contributed by atoms with van der Waals surface area (Å²) in [5.41, 5.74) is 3.56. The summed E-state index contributed by atoms with van der Waals surface area (Å²) in [5.74, 6) is 2.36. The highest BCUT2D eigenvalue weighted by atomic mass is 16.7. The maximum Gasteiger partial charge on any atom is 0.407 e. The molecule has 1 aromatic heterocycles. The number of amides is 4. The van der Waals surface area contributed by atoms with Crippen LogP contribution in [0.1, 0.15) is 84.5 Å². The van der Waals surface area contributed by atoms with Crippen molar-refractivity contribution in [3.63, 3.8) is 0 Å². The molecule has 9 rings (SSSR count). The van der Waals surface area contributed by atoms with Crippen LogP contribution >= 0.6 is 0 Å². The third kappa shape index (κ3) is 6.59. The first-order chi connectivity index (χ1) is 29.7. The lowest BCUT2D eigenvalue weighted by molar-refractivity contribution is -0.143. The molecular weight excluding hydrogens is 793 g/mol. The summed E-state index contributed by atoms with van der Waals surface area (Å²) in [6.07, 6.45) is 7.90. The Kier molecular flexibility index (Phi) is 10.3. The monoisotopic (exact) mass is 850 g/mol. The molecule has 3 aromatic rings. The largest absolute Gasteiger partial charge is 0.453 e. The van der Waals surface area contributed by atoms with Gasteiger partial charge >= 0.3 is 12.2 Å². The molecule has 0 spiro atoms. The van der Waals surface area contributed by atoms with Gasteiger partial charge in [-0.25, -0.2) is 14.6 Å². The summed E-state index contributed by atoms with van der Waals surface area (Å²) in [6.45, 7) is 11.2. The summed E-state index contributed by atoms with van der Waals surface area (Å²) >= 11 is 0. The minimum atomic E-state index is -0.708. The molecule has 5 heterocycles. The maximum absolute atomic E-state index is 14.2. The SMILES string of the molecule is COC(=O)N[C@H](C(=O)N1CC2CCC1(c1ncc(-c3ccc(-c4ccc(C5=CNC(C)(C67CCC(CN6C(=O)[C@@H](NC(=O)OC)C(C)C)C7)N5)c5c4OCO5)cc3)[nH]1)C2)C(C)C. The number of methoxy groups -OCH3 is 2. The summed E-state index contributed by atoms with van der Waals surface area (Å²) < 4.78 is 22.0. The number of nitrogens with one attached hydrogen (secondary N) is 5. The number of ether oxygens (including phenoxy) is 4.